The van der Waals surface area contributed by atoms with E-state index in [0.29, 0.717) is 22.4 Å². The van der Waals surface area contributed by atoms with Gasteiger partial charge in [0.25, 0.3) is 0 Å². The second-order valence-electron chi connectivity index (χ2n) is 3.27. The highest BCUT2D eigenvalue weighted by Gasteiger charge is 2.15. The standard InChI is InChI=1S/C9H13N5O/c1-2-14-3-5(8(11)15)6-7(10)12-4-13-9(6)14/h3-4,8,15H,2,11H2,1H3,(H2,10,12,13). The van der Waals surface area contributed by atoms with Crippen LogP contribution in [0.2, 0.25) is 0 Å². The van der Waals surface area contributed by atoms with Crippen molar-refractivity contribution in [3.63, 3.8) is 0 Å². The molecular formula is C9H13N5O. The molecule has 0 aliphatic rings. The smallest absolute Gasteiger partial charge is 0.145 e. The lowest BCUT2D eigenvalue weighted by molar-refractivity contribution is 0.187. The molecule has 6 nitrogen and oxygen atoms in total. The van der Waals surface area contributed by atoms with Crippen LogP contribution in [0.15, 0.2) is 12.5 Å². The van der Waals surface area contributed by atoms with Gasteiger partial charge in [0.05, 0.1) is 5.39 Å². The van der Waals surface area contributed by atoms with Crippen LogP contribution in [-0.2, 0) is 6.54 Å². The molecule has 0 aliphatic carbocycles. The second kappa shape index (κ2) is 3.48. The second-order valence-corrected chi connectivity index (χ2v) is 3.27. The number of nitrogen functional groups attached to an aromatic ring is 1. The van der Waals surface area contributed by atoms with E-state index >= 15 is 0 Å². The molecule has 0 saturated carbocycles. The summed E-state index contributed by atoms with van der Waals surface area (Å²) in [4.78, 5) is 8.01. The Kier molecular flexibility index (Phi) is 2.29. The zero-order valence-electron chi connectivity index (χ0n) is 8.38. The fraction of sp³-hybridized carbons (Fsp3) is 0.333. The molecule has 0 bridgehead atoms. The lowest BCUT2D eigenvalue weighted by atomic mass is 10.2. The summed E-state index contributed by atoms with van der Waals surface area (Å²) in [6.07, 6.45) is 2.09. The highest BCUT2D eigenvalue weighted by molar-refractivity contribution is 5.90. The summed E-state index contributed by atoms with van der Waals surface area (Å²) in [6, 6.07) is 0. The zero-order valence-corrected chi connectivity index (χ0v) is 8.38. The first-order valence-corrected chi connectivity index (χ1v) is 4.68. The van der Waals surface area contributed by atoms with E-state index in [1.54, 1.807) is 6.20 Å². The molecule has 5 N–H and O–H groups in total. The van der Waals surface area contributed by atoms with Crippen LogP contribution in [0.25, 0.3) is 11.0 Å². The summed E-state index contributed by atoms with van der Waals surface area (Å²) < 4.78 is 1.87. The van der Waals surface area contributed by atoms with Gasteiger partial charge in [-0.05, 0) is 6.92 Å². The Balaban J connectivity index is 2.82. The molecule has 0 saturated heterocycles. The minimum Gasteiger partial charge on any atom is -0.383 e. The fourth-order valence-corrected chi connectivity index (χ4v) is 1.64. The van der Waals surface area contributed by atoms with Gasteiger partial charge < -0.3 is 21.1 Å². The van der Waals surface area contributed by atoms with E-state index < -0.39 is 6.23 Å². The lowest BCUT2D eigenvalue weighted by Crippen LogP contribution is -2.08. The highest BCUT2D eigenvalue weighted by Crippen LogP contribution is 2.26. The van der Waals surface area contributed by atoms with Crippen molar-refractivity contribution in [3.05, 3.63) is 18.1 Å². The quantitative estimate of drug-likeness (QED) is 0.600. The van der Waals surface area contributed by atoms with Crippen molar-refractivity contribution in [1.82, 2.24) is 14.5 Å². The van der Waals surface area contributed by atoms with E-state index in [4.69, 9.17) is 11.5 Å². The fourth-order valence-electron chi connectivity index (χ4n) is 1.64. The molecule has 2 aromatic rings. The Morgan fingerprint density at radius 2 is 2.27 bits per heavy atom. The molecule has 0 spiro atoms. The minimum absolute atomic E-state index is 0.340. The number of hydrogen-bond donors (Lipinski definition) is 3. The number of hydrogen-bond acceptors (Lipinski definition) is 5. The first-order valence-electron chi connectivity index (χ1n) is 4.68. The van der Waals surface area contributed by atoms with E-state index in [-0.39, 0.29) is 0 Å². The summed E-state index contributed by atoms with van der Waals surface area (Å²) in [7, 11) is 0. The van der Waals surface area contributed by atoms with Crippen LogP contribution >= 0.6 is 0 Å². The van der Waals surface area contributed by atoms with Crippen molar-refractivity contribution in [2.24, 2.45) is 5.73 Å². The summed E-state index contributed by atoms with van der Waals surface area (Å²) in [5, 5.41) is 10.0. The van der Waals surface area contributed by atoms with E-state index in [0.717, 1.165) is 6.54 Å². The molecule has 0 fully saturated rings. The molecule has 2 aromatic heterocycles. The van der Waals surface area contributed by atoms with Crippen molar-refractivity contribution < 1.29 is 5.11 Å². The van der Waals surface area contributed by atoms with E-state index in [9.17, 15) is 5.11 Å². The predicted molar refractivity (Wildman–Crippen MR) is 56.8 cm³/mol. The topological polar surface area (TPSA) is 103 Å². The van der Waals surface area contributed by atoms with Gasteiger partial charge in [-0.1, -0.05) is 0 Å². The normalized spacial score (nSPS) is 13.3. The Morgan fingerprint density at radius 3 is 2.87 bits per heavy atom. The van der Waals surface area contributed by atoms with Crippen molar-refractivity contribution in [3.8, 4) is 0 Å². The average Bonchev–Trinajstić information content (AvgIpc) is 2.58. The van der Waals surface area contributed by atoms with Crippen molar-refractivity contribution in [2.75, 3.05) is 5.73 Å². The number of rotatable bonds is 2. The molecule has 1 atom stereocenters. The van der Waals surface area contributed by atoms with Crippen molar-refractivity contribution in [2.45, 2.75) is 19.7 Å². The third-order valence-corrected chi connectivity index (χ3v) is 2.37. The predicted octanol–water partition coefficient (Wildman–Crippen LogP) is -0.0170. The Morgan fingerprint density at radius 1 is 1.53 bits per heavy atom. The molecule has 0 radical (unpaired) electrons. The van der Waals surface area contributed by atoms with Gasteiger partial charge in [-0.15, -0.1) is 0 Å². The number of aliphatic hydroxyl groups is 1. The molecular weight excluding hydrogens is 194 g/mol. The van der Waals surface area contributed by atoms with Crippen LogP contribution in [0.4, 0.5) is 5.82 Å². The molecule has 15 heavy (non-hydrogen) atoms. The van der Waals surface area contributed by atoms with Crippen LogP contribution in [-0.4, -0.2) is 19.6 Å². The molecule has 0 aromatic carbocycles. The number of anilines is 1. The maximum atomic E-state index is 9.41. The Labute approximate surface area is 86.5 Å². The molecule has 1 unspecified atom stereocenters. The van der Waals surface area contributed by atoms with Gasteiger partial charge in [-0.2, -0.15) is 0 Å². The number of aliphatic hydroxyl groups excluding tert-OH is 1. The third-order valence-electron chi connectivity index (χ3n) is 2.37. The minimum atomic E-state index is -1.06. The summed E-state index contributed by atoms with van der Waals surface area (Å²) in [5.74, 6) is 0.340. The van der Waals surface area contributed by atoms with Crippen LogP contribution < -0.4 is 11.5 Å². The van der Waals surface area contributed by atoms with Crippen LogP contribution in [0.5, 0.6) is 0 Å². The van der Waals surface area contributed by atoms with Gasteiger partial charge in [0.2, 0.25) is 0 Å². The van der Waals surface area contributed by atoms with Gasteiger partial charge in [0.1, 0.15) is 24.0 Å². The number of aromatic nitrogens is 3. The number of aryl methyl sites for hydroxylation is 1. The summed E-state index contributed by atoms with van der Waals surface area (Å²) >= 11 is 0. The van der Waals surface area contributed by atoms with Gasteiger partial charge >= 0.3 is 0 Å². The van der Waals surface area contributed by atoms with E-state index in [1.165, 1.54) is 6.33 Å². The molecule has 2 heterocycles. The van der Waals surface area contributed by atoms with E-state index in [1.807, 2.05) is 11.5 Å². The van der Waals surface area contributed by atoms with Crippen LogP contribution in [0.3, 0.4) is 0 Å². The van der Waals surface area contributed by atoms with Gasteiger partial charge in [-0.25, -0.2) is 9.97 Å². The largest absolute Gasteiger partial charge is 0.383 e. The first-order chi connectivity index (χ1) is 7.15. The van der Waals surface area contributed by atoms with Crippen molar-refractivity contribution in [1.29, 1.82) is 0 Å². The Hall–Kier alpha value is -1.66. The lowest BCUT2D eigenvalue weighted by Gasteiger charge is -2.02. The van der Waals surface area contributed by atoms with Crippen molar-refractivity contribution >= 4 is 16.9 Å². The number of nitrogens with two attached hydrogens (primary N) is 2. The summed E-state index contributed by atoms with van der Waals surface area (Å²) in [5.41, 5.74) is 12.4. The molecule has 0 aliphatic heterocycles. The number of nitrogens with zero attached hydrogens (tertiary/aromatic N) is 3. The van der Waals surface area contributed by atoms with Gasteiger partial charge in [0.15, 0.2) is 0 Å². The molecule has 6 heteroatoms. The SMILES string of the molecule is CCn1cc(C(N)O)c2c(N)ncnc21. The molecule has 2 rings (SSSR count). The maximum absolute atomic E-state index is 9.41. The number of fused-ring (bicyclic) bond motifs is 1. The van der Waals surface area contributed by atoms with Crippen LogP contribution in [0.1, 0.15) is 18.7 Å². The first kappa shape index (κ1) is 9.88. The summed E-state index contributed by atoms with van der Waals surface area (Å²) in [6.45, 7) is 2.71. The average molecular weight is 207 g/mol. The highest BCUT2D eigenvalue weighted by atomic mass is 16.3. The van der Waals surface area contributed by atoms with E-state index in [2.05, 4.69) is 9.97 Å². The molecule has 80 valence electrons. The maximum Gasteiger partial charge on any atom is 0.145 e. The van der Waals surface area contributed by atoms with Crippen LogP contribution in [0, 0.1) is 0 Å². The van der Waals surface area contributed by atoms with Gasteiger partial charge in [0, 0.05) is 18.3 Å². The third kappa shape index (κ3) is 1.43. The van der Waals surface area contributed by atoms with Gasteiger partial charge in [-0.3, -0.25) is 0 Å². The molecule has 0 amide bonds. The monoisotopic (exact) mass is 207 g/mol. The Bertz CT molecular complexity index is 490. The zero-order chi connectivity index (χ0) is 11.0.